The molecule has 0 unspecified atom stereocenters. The van der Waals surface area contributed by atoms with Gasteiger partial charge in [0.2, 0.25) is 6.29 Å². The molecule has 0 saturated carbocycles. The lowest BCUT2D eigenvalue weighted by atomic mass is 10.0. The first-order valence-corrected chi connectivity index (χ1v) is 8.38. The summed E-state index contributed by atoms with van der Waals surface area (Å²) in [6, 6.07) is 3.58. The van der Waals surface area contributed by atoms with Crippen molar-refractivity contribution in [1.82, 2.24) is 0 Å². The van der Waals surface area contributed by atoms with E-state index in [0.717, 1.165) is 35.8 Å². The smallest absolute Gasteiger partial charge is 0.339 e. The minimum absolute atomic E-state index is 0.141. The fourth-order valence-electron chi connectivity index (χ4n) is 3.60. The van der Waals surface area contributed by atoms with Crippen LogP contribution >= 0.6 is 0 Å². The first-order valence-electron chi connectivity index (χ1n) is 8.38. The highest BCUT2D eigenvalue weighted by atomic mass is 16.7. The monoisotopic (exact) mass is 348 g/mol. The van der Waals surface area contributed by atoms with Crippen molar-refractivity contribution >= 4 is 11.0 Å². The Bertz CT molecular complexity index is 872. The summed E-state index contributed by atoms with van der Waals surface area (Å²) in [6.07, 6.45) is -2.46. The number of aliphatic hydroxyl groups excluding tert-OH is 3. The zero-order chi connectivity index (χ0) is 17.7. The highest BCUT2D eigenvalue weighted by molar-refractivity contribution is 5.86. The van der Waals surface area contributed by atoms with Crippen molar-refractivity contribution in [3.8, 4) is 5.75 Å². The van der Waals surface area contributed by atoms with Crippen molar-refractivity contribution in [3.63, 3.8) is 0 Å². The molecule has 4 atom stereocenters. The van der Waals surface area contributed by atoms with Gasteiger partial charge in [-0.3, -0.25) is 0 Å². The summed E-state index contributed by atoms with van der Waals surface area (Å²) in [4.78, 5) is 12.2. The summed E-state index contributed by atoms with van der Waals surface area (Å²) in [7, 11) is 0. The molecule has 1 aliphatic carbocycles. The van der Waals surface area contributed by atoms with Crippen molar-refractivity contribution in [2.45, 2.75) is 50.8 Å². The summed E-state index contributed by atoms with van der Waals surface area (Å²) >= 11 is 0. The molecule has 0 amide bonds. The van der Waals surface area contributed by atoms with Gasteiger partial charge in [0.25, 0.3) is 0 Å². The Morgan fingerprint density at radius 1 is 1.12 bits per heavy atom. The first-order chi connectivity index (χ1) is 12.0. The maximum atomic E-state index is 12.2. The minimum Gasteiger partial charge on any atom is -0.462 e. The third-order valence-corrected chi connectivity index (χ3v) is 5.04. The van der Waals surface area contributed by atoms with Gasteiger partial charge in [0, 0.05) is 16.5 Å². The number of hydrogen-bond acceptors (Lipinski definition) is 7. The normalized spacial score (nSPS) is 29.0. The Morgan fingerprint density at radius 3 is 2.68 bits per heavy atom. The largest absolute Gasteiger partial charge is 0.462 e. The fourth-order valence-corrected chi connectivity index (χ4v) is 3.60. The van der Waals surface area contributed by atoms with Crippen molar-refractivity contribution in [2.24, 2.45) is 0 Å². The Hall–Kier alpha value is -1.93. The zero-order valence-electron chi connectivity index (χ0n) is 13.8. The second-order valence-corrected chi connectivity index (χ2v) is 6.63. The van der Waals surface area contributed by atoms with E-state index in [1.54, 1.807) is 13.0 Å². The van der Waals surface area contributed by atoms with E-state index in [4.69, 9.17) is 13.9 Å². The van der Waals surface area contributed by atoms with E-state index < -0.39 is 24.6 Å². The van der Waals surface area contributed by atoms with Gasteiger partial charge >= 0.3 is 5.63 Å². The molecule has 4 rings (SSSR count). The molecule has 2 aromatic rings. The van der Waals surface area contributed by atoms with Crippen LogP contribution in [0.15, 0.2) is 21.3 Å². The average Bonchev–Trinajstić information content (AvgIpc) is 3.09. The van der Waals surface area contributed by atoms with Gasteiger partial charge in [-0.05, 0) is 43.9 Å². The maximum absolute atomic E-state index is 12.2. The van der Waals surface area contributed by atoms with Crippen LogP contribution in [0.4, 0.5) is 0 Å². The van der Waals surface area contributed by atoms with Gasteiger partial charge in [-0.2, -0.15) is 0 Å². The summed E-state index contributed by atoms with van der Waals surface area (Å²) in [6.45, 7) is 1.63. The quantitative estimate of drug-likeness (QED) is 0.674. The van der Waals surface area contributed by atoms with Crippen LogP contribution in [-0.4, -0.2) is 46.5 Å². The van der Waals surface area contributed by atoms with Crippen LogP contribution in [0.1, 0.15) is 23.1 Å². The number of benzene rings is 1. The molecular weight excluding hydrogens is 328 g/mol. The number of aliphatic hydroxyl groups is 3. The van der Waals surface area contributed by atoms with Crippen molar-refractivity contribution in [3.05, 3.63) is 39.2 Å². The molecule has 1 saturated heterocycles. The van der Waals surface area contributed by atoms with Crippen molar-refractivity contribution in [1.29, 1.82) is 0 Å². The molecule has 1 aromatic heterocycles. The third kappa shape index (κ3) is 2.64. The summed E-state index contributed by atoms with van der Waals surface area (Å²) in [5, 5.41) is 30.2. The van der Waals surface area contributed by atoms with Crippen LogP contribution < -0.4 is 10.4 Å². The number of aryl methyl sites for hydroxylation is 2. The Kier molecular flexibility index (Phi) is 4.04. The van der Waals surface area contributed by atoms with Gasteiger partial charge in [-0.25, -0.2) is 4.79 Å². The highest BCUT2D eigenvalue weighted by Gasteiger charge is 2.39. The summed E-state index contributed by atoms with van der Waals surface area (Å²) in [5.74, 6) is 0.390. The highest BCUT2D eigenvalue weighted by Crippen LogP contribution is 2.34. The molecule has 1 aromatic carbocycles. The second kappa shape index (κ2) is 6.10. The second-order valence-electron chi connectivity index (χ2n) is 6.63. The van der Waals surface area contributed by atoms with E-state index >= 15 is 0 Å². The van der Waals surface area contributed by atoms with Gasteiger partial charge in [0.1, 0.15) is 29.6 Å². The summed E-state index contributed by atoms with van der Waals surface area (Å²) < 4.78 is 16.4. The van der Waals surface area contributed by atoms with E-state index in [0.29, 0.717) is 16.9 Å². The predicted octanol–water partition coefficient (Wildman–Crippen LogP) is 0.408. The van der Waals surface area contributed by atoms with Crippen molar-refractivity contribution < 1.29 is 29.2 Å². The molecule has 25 heavy (non-hydrogen) atoms. The van der Waals surface area contributed by atoms with Gasteiger partial charge in [0.05, 0.1) is 6.61 Å². The van der Waals surface area contributed by atoms with Crippen LogP contribution in [0.2, 0.25) is 0 Å². The Labute approximate surface area is 143 Å². The molecule has 1 aliphatic heterocycles. The predicted molar refractivity (Wildman–Crippen MR) is 87.6 cm³/mol. The van der Waals surface area contributed by atoms with Gasteiger partial charge in [-0.1, -0.05) is 0 Å². The fraction of sp³-hybridized carbons (Fsp3) is 0.500. The van der Waals surface area contributed by atoms with E-state index in [-0.39, 0.29) is 12.2 Å². The molecule has 3 N–H and O–H groups in total. The maximum Gasteiger partial charge on any atom is 0.339 e. The topological polar surface area (TPSA) is 109 Å². The van der Waals surface area contributed by atoms with Crippen LogP contribution in [0, 0.1) is 6.92 Å². The Morgan fingerprint density at radius 2 is 1.88 bits per heavy atom. The molecule has 0 bridgehead atoms. The Balaban J connectivity index is 1.71. The average molecular weight is 348 g/mol. The lowest BCUT2D eigenvalue weighted by Gasteiger charge is -2.35. The molecule has 1 fully saturated rings. The zero-order valence-corrected chi connectivity index (χ0v) is 13.8. The number of hydrogen-bond donors (Lipinski definition) is 3. The van der Waals surface area contributed by atoms with Gasteiger partial charge in [0.15, 0.2) is 0 Å². The molecule has 2 heterocycles. The van der Waals surface area contributed by atoms with Crippen molar-refractivity contribution in [2.75, 3.05) is 6.61 Å². The molecule has 7 heteroatoms. The van der Waals surface area contributed by atoms with E-state index in [1.165, 1.54) is 0 Å². The first kappa shape index (κ1) is 16.5. The van der Waals surface area contributed by atoms with E-state index in [1.807, 2.05) is 6.07 Å². The molecular formula is C18H20O7. The molecule has 0 spiro atoms. The lowest BCUT2D eigenvalue weighted by molar-refractivity contribution is -0.242. The van der Waals surface area contributed by atoms with Crippen LogP contribution in [0.5, 0.6) is 5.75 Å². The SMILES string of the molecule is Cc1c(O[C@H]2OC[C@@H](O)[C@H](O)[C@H]2O)ccc2c3c(c(=O)oc12)CCC3. The third-order valence-electron chi connectivity index (χ3n) is 5.04. The van der Waals surface area contributed by atoms with Crippen LogP contribution in [0.3, 0.4) is 0 Å². The molecule has 0 radical (unpaired) electrons. The molecule has 2 aliphatic rings. The summed E-state index contributed by atoms with van der Waals surface area (Å²) in [5.41, 5.74) is 2.57. The number of ether oxygens (including phenoxy) is 2. The van der Waals surface area contributed by atoms with E-state index in [2.05, 4.69) is 0 Å². The number of rotatable bonds is 2. The molecule has 134 valence electrons. The van der Waals surface area contributed by atoms with Crippen LogP contribution in [-0.2, 0) is 17.6 Å². The van der Waals surface area contributed by atoms with Gasteiger partial charge < -0.3 is 29.2 Å². The minimum atomic E-state index is -1.38. The molecule has 7 nitrogen and oxygen atoms in total. The standard InChI is InChI=1S/C18H20O7/c1-8-13(24-18-15(21)14(20)12(19)7-23-18)6-5-10-9-3-2-4-11(9)17(22)25-16(8)10/h5-6,12,14-15,18-21H,2-4,7H2,1H3/t12-,14+,15-,18-/m1/s1. The van der Waals surface area contributed by atoms with Gasteiger partial charge in [-0.15, -0.1) is 0 Å². The van der Waals surface area contributed by atoms with Crippen LogP contribution in [0.25, 0.3) is 11.0 Å². The lowest BCUT2D eigenvalue weighted by Crippen LogP contribution is -2.54. The van der Waals surface area contributed by atoms with E-state index in [9.17, 15) is 20.1 Å². The number of fused-ring (bicyclic) bond motifs is 3.